The molecule has 68 valence electrons. The number of hydrogen-bond donors (Lipinski definition) is 0. The van der Waals surface area contributed by atoms with Gasteiger partial charge in [-0.2, -0.15) is 0 Å². The van der Waals surface area contributed by atoms with Crippen molar-refractivity contribution in [2.45, 2.75) is 13.3 Å². The molecule has 0 spiro atoms. The van der Waals surface area contributed by atoms with Crippen LogP contribution in [0.15, 0.2) is 29.2 Å². The molecule has 2 rings (SSSR count). The van der Waals surface area contributed by atoms with Crippen molar-refractivity contribution in [2.24, 2.45) is 0 Å². The minimum absolute atomic E-state index is 0.486. The van der Waals surface area contributed by atoms with Crippen LogP contribution in [0.1, 0.15) is 13.3 Å². The minimum atomic E-state index is 0.486. The predicted octanol–water partition coefficient (Wildman–Crippen LogP) is 2.69. The van der Waals surface area contributed by atoms with Crippen molar-refractivity contribution in [3.63, 3.8) is 0 Å². The van der Waals surface area contributed by atoms with Crippen LogP contribution in [-0.4, -0.2) is 21.1 Å². The van der Waals surface area contributed by atoms with Crippen molar-refractivity contribution < 1.29 is 4.74 Å². The Labute approximate surface area is 84.1 Å². The maximum absolute atomic E-state index is 5.67. The molecule has 1 heterocycles. The van der Waals surface area contributed by atoms with E-state index in [0.29, 0.717) is 14.5 Å². The van der Waals surface area contributed by atoms with Crippen LogP contribution < -0.4 is 4.74 Å². The van der Waals surface area contributed by atoms with Gasteiger partial charge < -0.3 is 0 Å². The zero-order chi connectivity index (χ0) is 9.10. The van der Waals surface area contributed by atoms with E-state index in [-0.39, 0.29) is 0 Å². The van der Waals surface area contributed by atoms with E-state index in [1.165, 1.54) is 9.65 Å². The average molecular weight is 239 g/mol. The summed E-state index contributed by atoms with van der Waals surface area (Å²) in [4.78, 5) is 2.25. The summed E-state index contributed by atoms with van der Waals surface area (Å²) >= 11 is 0.486. The molecular formula is C11H12OSe. The van der Waals surface area contributed by atoms with E-state index in [4.69, 9.17) is 4.74 Å². The first kappa shape index (κ1) is 8.86. The fourth-order valence-electron chi connectivity index (χ4n) is 1.29. The van der Waals surface area contributed by atoms with Gasteiger partial charge in [-0.3, -0.25) is 0 Å². The summed E-state index contributed by atoms with van der Waals surface area (Å²) in [5, 5.41) is 1.34. The Bertz CT molecular complexity index is 392. The van der Waals surface area contributed by atoms with E-state index in [0.717, 1.165) is 18.8 Å². The molecule has 0 atom stereocenters. The third-order valence-corrected chi connectivity index (χ3v) is 3.89. The Morgan fingerprint density at radius 1 is 1.31 bits per heavy atom. The molecule has 2 aromatic rings. The number of ether oxygens (including phenoxy) is 1. The van der Waals surface area contributed by atoms with Gasteiger partial charge >= 0.3 is 83.8 Å². The molecular weight excluding hydrogens is 227 g/mol. The molecule has 0 amide bonds. The average Bonchev–Trinajstić information content (AvgIpc) is 2.62. The maximum atomic E-state index is 5.67. The Morgan fingerprint density at radius 2 is 2.23 bits per heavy atom. The van der Waals surface area contributed by atoms with Gasteiger partial charge in [0.2, 0.25) is 0 Å². The van der Waals surface area contributed by atoms with Crippen LogP contribution in [0, 0.1) is 0 Å². The standard InChI is InChI=1S/C11H12OSe/c1-2-7-12-10-5-3-4-9-6-8-13-11(9)10/h3-6,8H,2,7H2,1H3. The van der Waals surface area contributed by atoms with Crippen LogP contribution in [0.2, 0.25) is 0 Å². The third-order valence-electron chi connectivity index (χ3n) is 1.90. The van der Waals surface area contributed by atoms with Crippen molar-refractivity contribution in [1.82, 2.24) is 0 Å². The van der Waals surface area contributed by atoms with E-state index < -0.39 is 0 Å². The third kappa shape index (κ3) is 1.79. The molecule has 2 heteroatoms. The van der Waals surface area contributed by atoms with Crippen molar-refractivity contribution in [2.75, 3.05) is 6.61 Å². The number of rotatable bonds is 3. The van der Waals surface area contributed by atoms with Crippen molar-refractivity contribution in [3.05, 3.63) is 29.2 Å². The molecule has 0 saturated carbocycles. The molecule has 1 aromatic carbocycles. The van der Waals surface area contributed by atoms with Gasteiger partial charge in [0.25, 0.3) is 0 Å². The monoisotopic (exact) mass is 240 g/mol. The normalized spacial score (nSPS) is 10.5. The van der Waals surface area contributed by atoms with E-state index in [1.54, 1.807) is 0 Å². The van der Waals surface area contributed by atoms with E-state index in [9.17, 15) is 0 Å². The van der Waals surface area contributed by atoms with Crippen LogP contribution in [0.5, 0.6) is 5.75 Å². The summed E-state index contributed by atoms with van der Waals surface area (Å²) < 4.78 is 7.08. The topological polar surface area (TPSA) is 9.23 Å². The van der Waals surface area contributed by atoms with Crippen molar-refractivity contribution >= 4 is 24.1 Å². The van der Waals surface area contributed by atoms with Gasteiger partial charge in [0.05, 0.1) is 0 Å². The molecule has 0 aliphatic rings. The van der Waals surface area contributed by atoms with E-state index in [1.807, 2.05) is 0 Å². The van der Waals surface area contributed by atoms with Crippen LogP contribution >= 0.6 is 0 Å². The summed E-state index contributed by atoms with van der Waals surface area (Å²) in [5.41, 5.74) is 0. The summed E-state index contributed by atoms with van der Waals surface area (Å²) in [6.45, 7) is 2.96. The molecule has 0 aliphatic carbocycles. The van der Waals surface area contributed by atoms with Crippen LogP contribution in [0.3, 0.4) is 0 Å². The van der Waals surface area contributed by atoms with Crippen molar-refractivity contribution in [1.29, 1.82) is 0 Å². The van der Waals surface area contributed by atoms with Gasteiger partial charge in [-0.05, 0) is 0 Å². The van der Waals surface area contributed by atoms with Gasteiger partial charge in [0.15, 0.2) is 0 Å². The molecule has 0 bridgehead atoms. The zero-order valence-corrected chi connectivity index (χ0v) is 9.33. The number of benzene rings is 1. The summed E-state index contributed by atoms with van der Waals surface area (Å²) in [6, 6.07) is 8.48. The quantitative estimate of drug-likeness (QED) is 0.748. The Hall–Kier alpha value is -0.721. The zero-order valence-electron chi connectivity index (χ0n) is 7.62. The van der Waals surface area contributed by atoms with Gasteiger partial charge in [0, 0.05) is 0 Å². The Balaban J connectivity index is 2.37. The summed E-state index contributed by atoms with van der Waals surface area (Å²) in [5.74, 6) is 1.09. The molecule has 0 saturated heterocycles. The SMILES string of the molecule is CCCOc1cccc2cc[se]c12. The van der Waals surface area contributed by atoms with Gasteiger partial charge in [0.1, 0.15) is 0 Å². The molecule has 0 fully saturated rings. The first-order chi connectivity index (χ1) is 6.42. The van der Waals surface area contributed by atoms with Crippen LogP contribution in [0.4, 0.5) is 0 Å². The molecule has 0 radical (unpaired) electrons. The fourth-order valence-corrected chi connectivity index (χ4v) is 3.11. The van der Waals surface area contributed by atoms with Crippen molar-refractivity contribution in [3.8, 4) is 5.75 Å². The fraction of sp³-hybridized carbons (Fsp3) is 0.273. The Kier molecular flexibility index (Phi) is 2.72. The second-order valence-electron chi connectivity index (χ2n) is 2.94. The van der Waals surface area contributed by atoms with Gasteiger partial charge in [-0.1, -0.05) is 0 Å². The van der Waals surface area contributed by atoms with Gasteiger partial charge in [-0.15, -0.1) is 0 Å². The molecule has 13 heavy (non-hydrogen) atoms. The van der Waals surface area contributed by atoms with E-state index >= 15 is 0 Å². The van der Waals surface area contributed by atoms with Crippen LogP contribution in [0.25, 0.3) is 9.65 Å². The molecule has 0 N–H and O–H groups in total. The first-order valence-corrected chi connectivity index (χ1v) is 6.35. The molecule has 1 nitrogen and oxygen atoms in total. The first-order valence-electron chi connectivity index (χ1n) is 4.51. The molecule has 1 aromatic heterocycles. The number of hydrogen-bond acceptors (Lipinski definition) is 1. The van der Waals surface area contributed by atoms with Crippen LogP contribution in [-0.2, 0) is 0 Å². The second-order valence-corrected chi connectivity index (χ2v) is 4.87. The predicted molar refractivity (Wildman–Crippen MR) is 56.7 cm³/mol. The Morgan fingerprint density at radius 3 is 3.08 bits per heavy atom. The summed E-state index contributed by atoms with van der Waals surface area (Å²) in [7, 11) is 0. The van der Waals surface area contributed by atoms with Gasteiger partial charge in [-0.25, -0.2) is 0 Å². The molecule has 0 unspecified atom stereocenters. The molecule has 0 aliphatic heterocycles. The van der Waals surface area contributed by atoms with E-state index in [2.05, 4.69) is 36.1 Å². The second kappa shape index (κ2) is 3.99. The number of fused-ring (bicyclic) bond motifs is 1. The summed E-state index contributed by atoms with van der Waals surface area (Å²) in [6.07, 6.45) is 1.07.